The number of aromatic amines is 1. The molecule has 0 spiro atoms. The number of unbranched alkanes of at least 4 members (excludes halogenated alkanes) is 5. The lowest BCUT2D eigenvalue weighted by Crippen LogP contribution is -2.18. The first-order chi connectivity index (χ1) is 16.6. The first-order valence-electron chi connectivity index (χ1n) is 12.0. The van der Waals surface area contributed by atoms with Crippen molar-refractivity contribution in [2.24, 2.45) is 5.10 Å². The van der Waals surface area contributed by atoms with Gasteiger partial charge in [0.05, 0.1) is 18.5 Å². The number of ether oxygens (including phenoxy) is 1. The zero-order chi connectivity index (χ0) is 24.2. The molecule has 0 radical (unpaired) electrons. The molecule has 1 amide bonds. The molecule has 1 aromatic heterocycles. The Hall–Kier alpha value is -3.61. The molecular weight excluding hydrogens is 426 g/mol. The largest absolute Gasteiger partial charge is 0.494 e. The average molecular weight is 462 g/mol. The zero-order valence-electron chi connectivity index (χ0n) is 20.4. The van der Waals surface area contributed by atoms with Crippen LogP contribution in [0, 0.1) is 0 Å². The lowest BCUT2D eigenvalue weighted by atomic mass is 10.1. The average Bonchev–Trinajstić information content (AvgIpc) is 3.35. The molecule has 7 heteroatoms. The number of aromatic nitrogens is 2. The Kier molecular flexibility index (Phi) is 9.70. The van der Waals surface area contributed by atoms with Crippen LogP contribution in [-0.4, -0.2) is 43.0 Å². The van der Waals surface area contributed by atoms with Gasteiger partial charge in [-0.05, 0) is 54.4 Å². The van der Waals surface area contributed by atoms with Crippen molar-refractivity contribution in [1.29, 1.82) is 0 Å². The molecule has 180 valence electrons. The SMILES string of the molecule is CCCCCCCCOc1ccc(-c2cc(C(=O)N/N=C\c3ccc(N(C)C)cc3)[nH]n2)cc1. The Balaban J connectivity index is 1.46. The standard InChI is InChI=1S/C27H35N5O2/c1-4-5-6-7-8-9-18-34-24-16-12-22(13-17-24)25-19-26(30-29-25)27(33)31-28-20-21-10-14-23(15-11-21)32(2)3/h10-17,19-20H,4-9,18H2,1-3H3,(H,29,30)(H,31,33)/b28-20-. The predicted molar refractivity (Wildman–Crippen MR) is 139 cm³/mol. The van der Waals surface area contributed by atoms with Crippen LogP contribution in [0.1, 0.15) is 61.5 Å². The van der Waals surface area contributed by atoms with E-state index in [1.54, 1.807) is 12.3 Å². The van der Waals surface area contributed by atoms with Gasteiger partial charge in [-0.25, -0.2) is 5.43 Å². The number of benzene rings is 2. The van der Waals surface area contributed by atoms with Crippen LogP contribution in [0.25, 0.3) is 11.3 Å². The molecule has 0 bridgehead atoms. The Morgan fingerprint density at radius 3 is 2.44 bits per heavy atom. The van der Waals surface area contributed by atoms with Gasteiger partial charge in [-0.3, -0.25) is 9.89 Å². The first kappa shape index (κ1) is 25.0. The summed E-state index contributed by atoms with van der Waals surface area (Å²) in [5.74, 6) is 0.498. The molecule has 0 aliphatic carbocycles. The van der Waals surface area contributed by atoms with Gasteiger partial charge in [0.15, 0.2) is 0 Å². The van der Waals surface area contributed by atoms with Crippen molar-refractivity contribution >= 4 is 17.8 Å². The summed E-state index contributed by atoms with van der Waals surface area (Å²) in [6, 6.07) is 17.4. The Morgan fingerprint density at radius 1 is 1.03 bits per heavy atom. The van der Waals surface area contributed by atoms with E-state index in [-0.39, 0.29) is 5.91 Å². The van der Waals surface area contributed by atoms with Gasteiger partial charge in [-0.2, -0.15) is 10.2 Å². The van der Waals surface area contributed by atoms with Crippen LogP contribution >= 0.6 is 0 Å². The maximum absolute atomic E-state index is 12.4. The lowest BCUT2D eigenvalue weighted by Gasteiger charge is -2.11. The summed E-state index contributed by atoms with van der Waals surface area (Å²) in [6.45, 7) is 2.96. The number of amides is 1. The number of anilines is 1. The minimum atomic E-state index is -0.348. The van der Waals surface area contributed by atoms with E-state index in [0.717, 1.165) is 35.6 Å². The van der Waals surface area contributed by atoms with Gasteiger partial charge in [0.2, 0.25) is 0 Å². The third-order valence-corrected chi connectivity index (χ3v) is 5.53. The second-order valence-corrected chi connectivity index (χ2v) is 8.49. The highest BCUT2D eigenvalue weighted by molar-refractivity contribution is 5.94. The van der Waals surface area contributed by atoms with Crippen molar-refractivity contribution in [1.82, 2.24) is 15.6 Å². The predicted octanol–water partition coefficient (Wildman–Crippen LogP) is 5.65. The van der Waals surface area contributed by atoms with Gasteiger partial charge >= 0.3 is 0 Å². The van der Waals surface area contributed by atoms with Gasteiger partial charge in [0, 0.05) is 25.3 Å². The Bertz CT molecular complexity index is 1040. The van der Waals surface area contributed by atoms with Crippen molar-refractivity contribution in [3.05, 3.63) is 65.9 Å². The first-order valence-corrected chi connectivity index (χ1v) is 12.0. The summed E-state index contributed by atoms with van der Waals surface area (Å²) in [5.41, 5.74) is 6.48. The summed E-state index contributed by atoms with van der Waals surface area (Å²) >= 11 is 0. The second-order valence-electron chi connectivity index (χ2n) is 8.49. The third-order valence-electron chi connectivity index (χ3n) is 5.53. The van der Waals surface area contributed by atoms with Crippen LogP contribution in [0.15, 0.2) is 59.7 Å². The minimum Gasteiger partial charge on any atom is -0.494 e. The topological polar surface area (TPSA) is 82.6 Å². The van der Waals surface area contributed by atoms with Gasteiger partial charge < -0.3 is 9.64 Å². The number of nitrogens with zero attached hydrogens (tertiary/aromatic N) is 3. The fourth-order valence-electron chi connectivity index (χ4n) is 3.46. The monoisotopic (exact) mass is 461 g/mol. The summed E-state index contributed by atoms with van der Waals surface area (Å²) < 4.78 is 5.84. The summed E-state index contributed by atoms with van der Waals surface area (Å²) in [4.78, 5) is 14.4. The van der Waals surface area contributed by atoms with E-state index in [0.29, 0.717) is 11.4 Å². The quantitative estimate of drug-likeness (QED) is 0.196. The van der Waals surface area contributed by atoms with Crippen molar-refractivity contribution < 1.29 is 9.53 Å². The van der Waals surface area contributed by atoms with E-state index in [4.69, 9.17) is 4.74 Å². The van der Waals surface area contributed by atoms with Crippen LogP contribution in [-0.2, 0) is 0 Å². The van der Waals surface area contributed by atoms with Crippen molar-refractivity contribution in [2.45, 2.75) is 45.4 Å². The maximum atomic E-state index is 12.4. The van der Waals surface area contributed by atoms with Crippen LogP contribution in [0.2, 0.25) is 0 Å². The molecule has 0 unspecified atom stereocenters. The van der Waals surface area contributed by atoms with E-state index in [2.05, 4.69) is 27.6 Å². The summed E-state index contributed by atoms with van der Waals surface area (Å²) in [7, 11) is 3.97. The molecule has 7 nitrogen and oxygen atoms in total. The maximum Gasteiger partial charge on any atom is 0.289 e. The molecule has 0 atom stereocenters. The zero-order valence-corrected chi connectivity index (χ0v) is 20.4. The van der Waals surface area contributed by atoms with E-state index in [9.17, 15) is 4.79 Å². The van der Waals surface area contributed by atoms with Crippen LogP contribution in [0.5, 0.6) is 5.75 Å². The molecule has 0 aliphatic rings. The molecule has 3 rings (SSSR count). The van der Waals surface area contributed by atoms with Gasteiger partial charge in [-0.1, -0.05) is 51.2 Å². The van der Waals surface area contributed by atoms with E-state index >= 15 is 0 Å². The molecule has 34 heavy (non-hydrogen) atoms. The van der Waals surface area contributed by atoms with Crippen molar-refractivity contribution in [3.8, 4) is 17.0 Å². The van der Waals surface area contributed by atoms with E-state index in [1.165, 1.54) is 32.1 Å². The van der Waals surface area contributed by atoms with E-state index in [1.807, 2.05) is 67.5 Å². The molecule has 2 N–H and O–H groups in total. The van der Waals surface area contributed by atoms with Crippen molar-refractivity contribution in [2.75, 3.05) is 25.6 Å². The second kappa shape index (κ2) is 13.2. The van der Waals surface area contributed by atoms with Gasteiger partial charge in [0.1, 0.15) is 11.4 Å². The Labute approximate surface area is 202 Å². The van der Waals surface area contributed by atoms with E-state index < -0.39 is 0 Å². The summed E-state index contributed by atoms with van der Waals surface area (Å²) in [6.07, 6.45) is 9.07. The fourth-order valence-corrected chi connectivity index (χ4v) is 3.46. The summed E-state index contributed by atoms with van der Waals surface area (Å²) in [5, 5.41) is 11.1. The molecule has 0 saturated heterocycles. The number of carbonyl (C=O) groups excluding carboxylic acids is 1. The van der Waals surface area contributed by atoms with Crippen molar-refractivity contribution in [3.63, 3.8) is 0 Å². The molecule has 0 saturated carbocycles. The van der Waals surface area contributed by atoms with Crippen LogP contribution < -0.4 is 15.1 Å². The lowest BCUT2D eigenvalue weighted by molar-refractivity contribution is 0.0950. The minimum absolute atomic E-state index is 0.346. The molecule has 3 aromatic rings. The molecule has 2 aromatic carbocycles. The number of carbonyl (C=O) groups is 1. The fraction of sp³-hybridized carbons (Fsp3) is 0.370. The van der Waals surface area contributed by atoms with Gasteiger partial charge in [-0.15, -0.1) is 0 Å². The number of nitrogens with one attached hydrogen (secondary N) is 2. The van der Waals surface area contributed by atoms with Gasteiger partial charge in [0.25, 0.3) is 5.91 Å². The number of rotatable bonds is 13. The Morgan fingerprint density at radius 2 is 1.74 bits per heavy atom. The highest BCUT2D eigenvalue weighted by Gasteiger charge is 2.10. The molecule has 0 aliphatic heterocycles. The molecule has 1 heterocycles. The van der Waals surface area contributed by atoms with Crippen LogP contribution in [0.4, 0.5) is 5.69 Å². The number of H-pyrrole nitrogens is 1. The number of hydrogen-bond donors (Lipinski definition) is 2. The number of hydrazone groups is 1. The van der Waals surface area contributed by atoms with Crippen LogP contribution in [0.3, 0.4) is 0 Å². The smallest absolute Gasteiger partial charge is 0.289 e. The molecular formula is C27H35N5O2. The number of hydrogen-bond acceptors (Lipinski definition) is 5. The normalized spacial score (nSPS) is 11.0. The highest BCUT2D eigenvalue weighted by atomic mass is 16.5. The third kappa shape index (κ3) is 7.76. The molecule has 0 fully saturated rings. The highest BCUT2D eigenvalue weighted by Crippen LogP contribution is 2.21.